The third kappa shape index (κ3) is 3.73. The molecule has 0 saturated heterocycles. The first kappa shape index (κ1) is 16.8. The van der Waals surface area contributed by atoms with Crippen molar-refractivity contribution in [2.75, 3.05) is 19.0 Å². The monoisotopic (exact) mass is 349 g/mol. The fourth-order valence-electron chi connectivity index (χ4n) is 2.44. The Morgan fingerprint density at radius 3 is 2.44 bits per heavy atom. The standard InChI is InChI=1S/C17H14F3N3O2/c1-21-10-23(2)16-14-9-12(5-8-15(14)25-22-16)11-3-6-13(7-4-11)24-17(18,19)20/h3-10H,1-2H3. The van der Waals surface area contributed by atoms with E-state index in [1.165, 1.54) is 12.1 Å². The van der Waals surface area contributed by atoms with E-state index in [1.54, 1.807) is 43.5 Å². The van der Waals surface area contributed by atoms with E-state index in [2.05, 4.69) is 14.9 Å². The van der Waals surface area contributed by atoms with E-state index < -0.39 is 6.36 Å². The van der Waals surface area contributed by atoms with Crippen LogP contribution in [0.5, 0.6) is 5.75 Å². The smallest absolute Gasteiger partial charge is 0.406 e. The van der Waals surface area contributed by atoms with Gasteiger partial charge in [-0.15, -0.1) is 13.2 Å². The molecule has 0 amide bonds. The van der Waals surface area contributed by atoms with Gasteiger partial charge in [0.25, 0.3) is 0 Å². The number of benzene rings is 2. The summed E-state index contributed by atoms with van der Waals surface area (Å²) in [5.41, 5.74) is 2.17. The molecular formula is C17H14F3N3O2. The molecule has 0 saturated carbocycles. The zero-order valence-corrected chi connectivity index (χ0v) is 13.4. The van der Waals surface area contributed by atoms with Crippen LogP contribution in [-0.4, -0.2) is 32.0 Å². The molecule has 2 aromatic carbocycles. The average molecular weight is 349 g/mol. The minimum absolute atomic E-state index is 0.262. The summed E-state index contributed by atoms with van der Waals surface area (Å²) in [4.78, 5) is 5.65. The first-order valence-electron chi connectivity index (χ1n) is 7.28. The van der Waals surface area contributed by atoms with Crippen LogP contribution < -0.4 is 9.64 Å². The number of nitrogens with zero attached hydrogens (tertiary/aromatic N) is 3. The number of rotatable bonds is 4. The van der Waals surface area contributed by atoms with Crippen molar-refractivity contribution in [2.24, 2.45) is 4.99 Å². The number of ether oxygens (including phenoxy) is 1. The maximum atomic E-state index is 12.2. The molecule has 0 aliphatic heterocycles. The van der Waals surface area contributed by atoms with Crippen molar-refractivity contribution < 1.29 is 22.4 Å². The molecule has 0 aliphatic rings. The largest absolute Gasteiger partial charge is 0.573 e. The lowest BCUT2D eigenvalue weighted by molar-refractivity contribution is -0.274. The van der Waals surface area contributed by atoms with Crippen molar-refractivity contribution in [1.82, 2.24) is 5.16 Å². The summed E-state index contributed by atoms with van der Waals surface area (Å²) >= 11 is 0. The van der Waals surface area contributed by atoms with Gasteiger partial charge in [-0.05, 0) is 35.4 Å². The molecule has 25 heavy (non-hydrogen) atoms. The van der Waals surface area contributed by atoms with E-state index in [9.17, 15) is 13.2 Å². The predicted octanol–water partition coefficient (Wildman–Crippen LogP) is 4.49. The third-order valence-corrected chi connectivity index (χ3v) is 3.49. The minimum atomic E-state index is -4.71. The van der Waals surface area contributed by atoms with E-state index in [4.69, 9.17) is 4.52 Å². The summed E-state index contributed by atoms with van der Waals surface area (Å²) in [5.74, 6) is 0.335. The Morgan fingerprint density at radius 1 is 1.12 bits per heavy atom. The van der Waals surface area contributed by atoms with Gasteiger partial charge in [0.1, 0.15) is 5.75 Å². The number of aromatic nitrogens is 1. The van der Waals surface area contributed by atoms with Gasteiger partial charge in [-0.1, -0.05) is 23.4 Å². The first-order valence-corrected chi connectivity index (χ1v) is 7.28. The van der Waals surface area contributed by atoms with E-state index in [1.807, 2.05) is 12.1 Å². The molecule has 0 N–H and O–H groups in total. The number of aliphatic imine (C=N–C) groups is 1. The molecular weight excluding hydrogens is 335 g/mol. The summed E-state index contributed by atoms with van der Waals surface area (Å²) in [7, 11) is 3.44. The van der Waals surface area contributed by atoms with E-state index in [0.29, 0.717) is 11.4 Å². The second kappa shape index (κ2) is 6.46. The molecule has 3 rings (SSSR count). The van der Waals surface area contributed by atoms with Crippen LogP contribution in [0.1, 0.15) is 0 Å². The lowest BCUT2D eigenvalue weighted by atomic mass is 10.0. The van der Waals surface area contributed by atoms with Crippen molar-refractivity contribution in [2.45, 2.75) is 6.36 Å². The van der Waals surface area contributed by atoms with Crippen LogP contribution in [0.4, 0.5) is 19.0 Å². The van der Waals surface area contributed by atoms with Gasteiger partial charge in [-0.3, -0.25) is 4.99 Å². The Bertz CT molecular complexity index is 902. The van der Waals surface area contributed by atoms with Crippen LogP contribution in [-0.2, 0) is 0 Å². The molecule has 1 heterocycles. The third-order valence-electron chi connectivity index (χ3n) is 3.49. The quantitative estimate of drug-likeness (QED) is 0.514. The number of hydrogen-bond donors (Lipinski definition) is 0. The SMILES string of the molecule is CN=CN(C)c1noc2ccc(-c3ccc(OC(F)(F)F)cc3)cc12. The van der Waals surface area contributed by atoms with Crippen molar-refractivity contribution in [3.05, 3.63) is 42.5 Å². The molecule has 8 heteroatoms. The van der Waals surface area contributed by atoms with Gasteiger partial charge in [-0.25, -0.2) is 0 Å². The van der Waals surface area contributed by atoms with Gasteiger partial charge in [-0.2, -0.15) is 0 Å². The van der Waals surface area contributed by atoms with E-state index >= 15 is 0 Å². The zero-order chi connectivity index (χ0) is 18.0. The molecule has 130 valence electrons. The van der Waals surface area contributed by atoms with Crippen LogP contribution in [0, 0.1) is 0 Å². The summed E-state index contributed by atoms with van der Waals surface area (Å²) < 4.78 is 45.9. The molecule has 0 aliphatic carbocycles. The molecule has 3 aromatic rings. The lowest BCUT2D eigenvalue weighted by Gasteiger charge is -2.10. The normalized spacial score (nSPS) is 12.0. The van der Waals surface area contributed by atoms with Crippen LogP contribution >= 0.6 is 0 Å². The number of alkyl halides is 3. The van der Waals surface area contributed by atoms with Gasteiger partial charge >= 0.3 is 6.36 Å². The molecule has 0 spiro atoms. The molecule has 1 aromatic heterocycles. The first-order chi connectivity index (χ1) is 11.9. The predicted molar refractivity (Wildman–Crippen MR) is 88.9 cm³/mol. The lowest BCUT2D eigenvalue weighted by Crippen LogP contribution is -2.16. The number of halogens is 3. The van der Waals surface area contributed by atoms with Gasteiger partial charge in [0.05, 0.1) is 11.7 Å². The Morgan fingerprint density at radius 2 is 1.80 bits per heavy atom. The minimum Gasteiger partial charge on any atom is -0.406 e. The van der Waals surface area contributed by atoms with Crippen LogP contribution in [0.25, 0.3) is 22.1 Å². The molecule has 0 radical (unpaired) electrons. The highest BCUT2D eigenvalue weighted by Crippen LogP contribution is 2.31. The Hall–Kier alpha value is -3.03. The molecule has 0 atom stereocenters. The fourth-order valence-corrected chi connectivity index (χ4v) is 2.44. The average Bonchev–Trinajstić information content (AvgIpc) is 2.97. The van der Waals surface area contributed by atoms with E-state index in [0.717, 1.165) is 16.5 Å². The van der Waals surface area contributed by atoms with Crippen molar-refractivity contribution in [3.63, 3.8) is 0 Å². The molecule has 5 nitrogen and oxygen atoms in total. The van der Waals surface area contributed by atoms with Crippen LogP contribution in [0.2, 0.25) is 0 Å². The zero-order valence-electron chi connectivity index (χ0n) is 13.4. The highest BCUT2D eigenvalue weighted by molar-refractivity contribution is 5.96. The van der Waals surface area contributed by atoms with Crippen LogP contribution in [0.3, 0.4) is 0 Å². The highest BCUT2D eigenvalue weighted by atomic mass is 19.4. The maximum Gasteiger partial charge on any atom is 0.573 e. The fraction of sp³-hybridized carbons (Fsp3) is 0.176. The topological polar surface area (TPSA) is 50.9 Å². The summed E-state index contributed by atoms with van der Waals surface area (Å²) in [6.45, 7) is 0. The number of anilines is 1. The van der Waals surface area contributed by atoms with Gasteiger partial charge in [0.2, 0.25) is 0 Å². The van der Waals surface area contributed by atoms with Crippen molar-refractivity contribution in [3.8, 4) is 16.9 Å². The molecule has 0 unspecified atom stereocenters. The summed E-state index contributed by atoms with van der Waals surface area (Å²) in [5, 5.41) is 4.79. The van der Waals surface area contributed by atoms with Crippen molar-refractivity contribution in [1.29, 1.82) is 0 Å². The van der Waals surface area contributed by atoms with Gasteiger partial charge in [0, 0.05) is 14.1 Å². The second-order valence-corrected chi connectivity index (χ2v) is 5.27. The van der Waals surface area contributed by atoms with E-state index in [-0.39, 0.29) is 5.75 Å². The number of hydrogen-bond acceptors (Lipinski definition) is 4. The van der Waals surface area contributed by atoms with Gasteiger partial charge in [0.15, 0.2) is 11.4 Å². The van der Waals surface area contributed by atoms with Crippen LogP contribution in [0.15, 0.2) is 52.0 Å². The second-order valence-electron chi connectivity index (χ2n) is 5.27. The Kier molecular flexibility index (Phi) is 4.35. The summed E-state index contributed by atoms with van der Waals surface area (Å²) in [6.07, 6.45) is -3.10. The Labute approximate surface area is 141 Å². The maximum absolute atomic E-state index is 12.2. The Balaban J connectivity index is 1.94. The van der Waals surface area contributed by atoms with Gasteiger partial charge < -0.3 is 14.2 Å². The highest BCUT2D eigenvalue weighted by Gasteiger charge is 2.30. The number of fused-ring (bicyclic) bond motifs is 1. The van der Waals surface area contributed by atoms with Crippen molar-refractivity contribution >= 4 is 23.1 Å². The molecule has 0 fully saturated rings. The molecule has 0 bridgehead atoms. The summed E-state index contributed by atoms with van der Waals surface area (Å²) in [6, 6.07) is 11.1.